The highest BCUT2D eigenvalue weighted by atomic mass is 16.7. The van der Waals surface area contributed by atoms with Gasteiger partial charge in [-0.3, -0.25) is 0 Å². The van der Waals surface area contributed by atoms with Crippen LogP contribution in [0, 0.1) is 0 Å². The Morgan fingerprint density at radius 1 is 1.27 bits per heavy atom. The summed E-state index contributed by atoms with van der Waals surface area (Å²) in [6, 6.07) is 10.1. The summed E-state index contributed by atoms with van der Waals surface area (Å²) in [7, 11) is 1.66. The van der Waals surface area contributed by atoms with Gasteiger partial charge in [0.05, 0.1) is 6.26 Å². The topological polar surface area (TPSA) is 18.5 Å². The fraction of sp³-hybridized carbons (Fsp3) is 0.385. The van der Waals surface area contributed by atoms with Crippen molar-refractivity contribution in [3.8, 4) is 0 Å². The van der Waals surface area contributed by atoms with E-state index >= 15 is 0 Å². The molecule has 0 aromatic heterocycles. The predicted molar refractivity (Wildman–Crippen MR) is 62.3 cm³/mol. The fourth-order valence-electron chi connectivity index (χ4n) is 1.25. The number of benzene rings is 1. The Labute approximate surface area is 91.5 Å². The minimum absolute atomic E-state index is 0.130. The monoisotopic (exact) mass is 206 g/mol. The molecule has 0 fully saturated rings. The molecule has 0 N–H and O–H groups in total. The Balaban J connectivity index is 2.38. The molecule has 0 aliphatic carbocycles. The summed E-state index contributed by atoms with van der Waals surface area (Å²) in [6.07, 6.45) is 5.46. The second-order valence-electron chi connectivity index (χ2n) is 3.30. The fourth-order valence-corrected chi connectivity index (χ4v) is 1.25. The molecule has 0 saturated carbocycles. The molecule has 0 aliphatic heterocycles. The van der Waals surface area contributed by atoms with E-state index in [2.05, 4.69) is 6.92 Å². The maximum absolute atomic E-state index is 5.43. The first-order valence-electron chi connectivity index (χ1n) is 5.26. The smallest absolute Gasteiger partial charge is 0.198 e. The van der Waals surface area contributed by atoms with E-state index < -0.39 is 0 Å². The third-order valence-corrected chi connectivity index (χ3v) is 2.08. The first-order chi connectivity index (χ1) is 7.36. The van der Waals surface area contributed by atoms with E-state index in [0.717, 1.165) is 18.4 Å². The van der Waals surface area contributed by atoms with Gasteiger partial charge in [-0.05, 0) is 11.6 Å². The van der Waals surface area contributed by atoms with E-state index in [4.69, 9.17) is 9.47 Å². The molecule has 0 amide bonds. The highest BCUT2D eigenvalue weighted by Crippen LogP contribution is 2.06. The molecule has 0 radical (unpaired) electrons. The second kappa shape index (κ2) is 7.07. The van der Waals surface area contributed by atoms with Crippen molar-refractivity contribution in [2.45, 2.75) is 26.1 Å². The minimum atomic E-state index is -0.130. The van der Waals surface area contributed by atoms with Gasteiger partial charge in [0.25, 0.3) is 0 Å². The molecule has 1 atom stereocenters. The molecule has 2 nitrogen and oxygen atoms in total. The standard InChI is InChI=1S/C13H18O2/c1-3-7-13(14-2)15-11-10-12-8-5-4-6-9-12/h4-6,8-11,13H,3,7H2,1-2H3. The average Bonchev–Trinajstić information content (AvgIpc) is 2.29. The van der Waals surface area contributed by atoms with E-state index in [1.165, 1.54) is 0 Å². The predicted octanol–water partition coefficient (Wildman–Crippen LogP) is 3.45. The summed E-state index contributed by atoms with van der Waals surface area (Å²) < 4.78 is 10.6. The maximum Gasteiger partial charge on any atom is 0.198 e. The van der Waals surface area contributed by atoms with Crippen LogP contribution in [0.15, 0.2) is 36.6 Å². The number of hydrogen-bond acceptors (Lipinski definition) is 2. The Kier molecular flexibility index (Phi) is 5.56. The van der Waals surface area contributed by atoms with Gasteiger partial charge in [-0.15, -0.1) is 0 Å². The van der Waals surface area contributed by atoms with Crippen molar-refractivity contribution in [1.29, 1.82) is 0 Å². The summed E-state index contributed by atoms with van der Waals surface area (Å²) in [5.41, 5.74) is 1.13. The molecular weight excluding hydrogens is 188 g/mol. The summed E-state index contributed by atoms with van der Waals surface area (Å²) in [4.78, 5) is 0. The molecule has 1 unspecified atom stereocenters. The summed E-state index contributed by atoms with van der Waals surface area (Å²) in [5, 5.41) is 0. The van der Waals surface area contributed by atoms with Crippen LogP contribution in [0.1, 0.15) is 25.3 Å². The summed E-state index contributed by atoms with van der Waals surface area (Å²) in [6.45, 7) is 2.11. The molecule has 0 heterocycles. The lowest BCUT2D eigenvalue weighted by Crippen LogP contribution is -2.11. The zero-order chi connectivity index (χ0) is 10.9. The molecule has 0 spiro atoms. The molecule has 0 aliphatic rings. The Hall–Kier alpha value is -1.28. The molecule has 15 heavy (non-hydrogen) atoms. The van der Waals surface area contributed by atoms with Gasteiger partial charge in [0.15, 0.2) is 6.29 Å². The minimum Gasteiger partial charge on any atom is -0.473 e. The first-order valence-corrected chi connectivity index (χ1v) is 5.26. The molecule has 2 heteroatoms. The SMILES string of the molecule is CCCC(OC)OC=Cc1ccccc1. The Morgan fingerprint density at radius 3 is 2.60 bits per heavy atom. The van der Waals surface area contributed by atoms with Gasteiger partial charge in [-0.1, -0.05) is 43.7 Å². The van der Waals surface area contributed by atoms with Crippen LogP contribution in [0.4, 0.5) is 0 Å². The first kappa shape index (κ1) is 11.8. The lowest BCUT2D eigenvalue weighted by molar-refractivity contribution is -0.0861. The molecular formula is C13H18O2. The van der Waals surface area contributed by atoms with Crippen LogP contribution < -0.4 is 0 Å². The normalized spacial score (nSPS) is 12.9. The van der Waals surface area contributed by atoms with Gasteiger partial charge >= 0.3 is 0 Å². The van der Waals surface area contributed by atoms with E-state index in [1.54, 1.807) is 13.4 Å². The van der Waals surface area contributed by atoms with E-state index in [0.29, 0.717) is 0 Å². The molecule has 0 bridgehead atoms. The Morgan fingerprint density at radius 2 is 2.00 bits per heavy atom. The van der Waals surface area contributed by atoms with E-state index in [9.17, 15) is 0 Å². The largest absolute Gasteiger partial charge is 0.473 e. The summed E-state index contributed by atoms with van der Waals surface area (Å²) in [5.74, 6) is 0. The van der Waals surface area contributed by atoms with Crippen molar-refractivity contribution in [2.75, 3.05) is 7.11 Å². The van der Waals surface area contributed by atoms with Gasteiger partial charge in [0.2, 0.25) is 0 Å². The van der Waals surface area contributed by atoms with Crippen molar-refractivity contribution in [2.24, 2.45) is 0 Å². The third kappa shape index (κ3) is 4.66. The van der Waals surface area contributed by atoms with Crippen LogP contribution >= 0.6 is 0 Å². The van der Waals surface area contributed by atoms with Crippen LogP contribution in [0.25, 0.3) is 6.08 Å². The zero-order valence-electron chi connectivity index (χ0n) is 9.35. The van der Waals surface area contributed by atoms with Crippen LogP contribution in [0.3, 0.4) is 0 Å². The molecule has 82 valence electrons. The highest BCUT2D eigenvalue weighted by molar-refractivity contribution is 5.47. The number of ether oxygens (including phenoxy) is 2. The van der Waals surface area contributed by atoms with Crippen LogP contribution in [-0.2, 0) is 9.47 Å². The molecule has 1 rings (SSSR count). The highest BCUT2D eigenvalue weighted by Gasteiger charge is 2.02. The lowest BCUT2D eigenvalue weighted by Gasteiger charge is -2.13. The van der Waals surface area contributed by atoms with Gasteiger partial charge < -0.3 is 9.47 Å². The van der Waals surface area contributed by atoms with Crippen LogP contribution in [0.2, 0.25) is 0 Å². The number of rotatable bonds is 6. The number of hydrogen-bond donors (Lipinski definition) is 0. The number of methoxy groups -OCH3 is 1. The maximum atomic E-state index is 5.43. The van der Waals surface area contributed by atoms with Crippen LogP contribution in [0.5, 0.6) is 0 Å². The third-order valence-electron chi connectivity index (χ3n) is 2.08. The zero-order valence-corrected chi connectivity index (χ0v) is 9.35. The van der Waals surface area contributed by atoms with Gasteiger partial charge in [-0.2, -0.15) is 0 Å². The molecule has 1 aromatic rings. The summed E-state index contributed by atoms with van der Waals surface area (Å²) >= 11 is 0. The van der Waals surface area contributed by atoms with Crippen molar-refractivity contribution >= 4 is 6.08 Å². The quantitative estimate of drug-likeness (QED) is 0.524. The van der Waals surface area contributed by atoms with Gasteiger partial charge in [-0.25, -0.2) is 0 Å². The Bertz CT molecular complexity index is 280. The second-order valence-corrected chi connectivity index (χ2v) is 3.30. The van der Waals surface area contributed by atoms with Crippen LogP contribution in [-0.4, -0.2) is 13.4 Å². The van der Waals surface area contributed by atoms with E-state index in [1.807, 2.05) is 36.4 Å². The van der Waals surface area contributed by atoms with Crippen molar-refractivity contribution in [3.63, 3.8) is 0 Å². The molecule has 1 aromatic carbocycles. The van der Waals surface area contributed by atoms with Crippen molar-refractivity contribution in [1.82, 2.24) is 0 Å². The lowest BCUT2D eigenvalue weighted by atomic mass is 10.2. The van der Waals surface area contributed by atoms with Crippen molar-refractivity contribution < 1.29 is 9.47 Å². The molecule has 0 saturated heterocycles. The van der Waals surface area contributed by atoms with Crippen molar-refractivity contribution in [3.05, 3.63) is 42.2 Å². The van der Waals surface area contributed by atoms with Gasteiger partial charge in [0.1, 0.15) is 0 Å². The van der Waals surface area contributed by atoms with Gasteiger partial charge in [0, 0.05) is 13.5 Å². The van der Waals surface area contributed by atoms with E-state index in [-0.39, 0.29) is 6.29 Å². The average molecular weight is 206 g/mol.